The van der Waals surface area contributed by atoms with Gasteiger partial charge >= 0.3 is 0 Å². The predicted molar refractivity (Wildman–Crippen MR) is 128 cm³/mol. The van der Waals surface area contributed by atoms with Gasteiger partial charge in [-0.05, 0) is 46.0 Å². The molecule has 3 heterocycles. The number of aryl methyl sites for hydroxylation is 2. The van der Waals surface area contributed by atoms with Gasteiger partial charge in [0.1, 0.15) is 21.2 Å². The largest absolute Gasteiger partial charge is 0.369 e. The summed E-state index contributed by atoms with van der Waals surface area (Å²) in [6, 6.07) is 0. The second-order valence-corrected chi connectivity index (χ2v) is 10.6. The van der Waals surface area contributed by atoms with Crippen LogP contribution in [-0.2, 0) is 31.9 Å². The molecule has 33 heavy (non-hydrogen) atoms. The highest BCUT2D eigenvalue weighted by Gasteiger charge is 2.38. The van der Waals surface area contributed by atoms with Gasteiger partial charge in [-0.2, -0.15) is 0 Å². The summed E-state index contributed by atoms with van der Waals surface area (Å²) in [6.45, 7) is 6.21. The van der Waals surface area contributed by atoms with E-state index in [4.69, 9.17) is 9.47 Å². The maximum atomic E-state index is 12.5. The molecule has 2 aromatic rings. The average molecular weight is 497 g/mol. The molecule has 0 aromatic carbocycles. The van der Waals surface area contributed by atoms with Crippen LogP contribution in [0.4, 0.5) is 10.3 Å². The number of unbranched alkanes of at least 4 members (excludes halogenated alkanes) is 1. The van der Waals surface area contributed by atoms with E-state index in [0.717, 1.165) is 48.5 Å². The van der Waals surface area contributed by atoms with E-state index in [2.05, 4.69) is 31.0 Å². The standard InChI is InChI=1S/C21H32N6O4S2/c1-5-11-20(2,30-4)16(28)22-18-26-24-14(32-18)9-6-7-10-15-25-27-19(33-15)23-17(29)21(3)12-8-13-31-21/h5-13H2,1-4H3,(H,22,26,28)(H,23,27,29). The van der Waals surface area contributed by atoms with Crippen LogP contribution in [0.2, 0.25) is 0 Å². The van der Waals surface area contributed by atoms with Gasteiger partial charge in [0.05, 0.1) is 0 Å². The number of rotatable bonds is 12. The van der Waals surface area contributed by atoms with E-state index in [1.165, 1.54) is 22.7 Å². The zero-order chi connectivity index (χ0) is 23.9. The summed E-state index contributed by atoms with van der Waals surface area (Å²) in [7, 11) is 1.54. The molecule has 0 bridgehead atoms. The Labute approximate surface area is 201 Å². The third-order valence-electron chi connectivity index (χ3n) is 5.76. The Hall–Kier alpha value is -2.02. The summed E-state index contributed by atoms with van der Waals surface area (Å²) in [5.74, 6) is -0.371. The Bertz CT molecular complexity index is 943. The average Bonchev–Trinajstić information content (AvgIpc) is 3.54. The first-order chi connectivity index (χ1) is 15.8. The van der Waals surface area contributed by atoms with Crippen molar-refractivity contribution in [3.05, 3.63) is 10.0 Å². The zero-order valence-electron chi connectivity index (χ0n) is 19.6. The van der Waals surface area contributed by atoms with E-state index in [-0.39, 0.29) is 11.8 Å². The molecule has 3 rings (SSSR count). The molecule has 2 N–H and O–H groups in total. The normalized spacial score (nSPS) is 19.9. The Morgan fingerprint density at radius 2 is 1.70 bits per heavy atom. The van der Waals surface area contributed by atoms with Crippen molar-refractivity contribution in [2.24, 2.45) is 0 Å². The first kappa shape index (κ1) is 25.6. The minimum absolute atomic E-state index is 0.164. The molecular formula is C21H32N6O4S2. The summed E-state index contributed by atoms with van der Waals surface area (Å²) in [5, 5.41) is 24.9. The molecule has 0 aliphatic carbocycles. The molecule has 1 fully saturated rings. The lowest BCUT2D eigenvalue weighted by Crippen LogP contribution is -2.41. The van der Waals surface area contributed by atoms with Gasteiger partial charge in [-0.3, -0.25) is 20.2 Å². The van der Waals surface area contributed by atoms with Crippen LogP contribution in [0.3, 0.4) is 0 Å². The molecule has 0 spiro atoms. The predicted octanol–water partition coefficient (Wildman–Crippen LogP) is 3.61. The summed E-state index contributed by atoms with van der Waals surface area (Å²) >= 11 is 2.77. The second kappa shape index (κ2) is 11.4. The van der Waals surface area contributed by atoms with Crippen LogP contribution < -0.4 is 10.6 Å². The number of methoxy groups -OCH3 is 1. The maximum absolute atomic E-state index is 12.5. The minimum Gasteiger partial charge on any atom is -0.369 e. The molecule has 2 unspecified atom stereocenters. The molecule has 0 saturated carbocycles. The van der Waals surface area contributed by atoms with Gasteiger partial charge in [0.2, 0.25) is 10.3 Å². The van der Waals surface area contributed by atoms with Crippen LogP contribution in [0.25, 0.3) is 0 Å². The molecule has 12 heteroatoms. The number of hydrogen-bond acceptors (Lipinski definition) is 10. The monoisotopic (exact) mass is 496 g/mol. The number of anilines is 2. The number of aromatic nitrogens is 4. The topological polar surface area (TPSA) is 128 Å². The molecule has 10 nitrogen and oxygen atoms in total. The van der Waals surface area contributed by atoms with Gasteiger partial charge in [-0.15, -0.1) is 20.4 Å². The fourth-order valence-corrected chi connectivity index (χ4v) is 5.12. The number of nitrogens with zero attached hydrogens (tertiary/aromatic N) is 4. The van der Waals surface area contributed by atoms with E-state index >= 15 is 0 Å². The fourth-order valence-electron chi connectivity index (χ4n) is 3.56. The Morgan fingerprint density at radius 1 is 1.09 bits per heavy atom. The highest BCUT2D eigenvalue weighted by molar-refractivity contribution is 7.15. The van der Waals surface area contributed by atoms with E-state index in [0.29, 0.717) is 29.7 Å². The van der Waals surface area contributed by atoms with E-state index < -0.39 is 11.2 Å². The van der Waals surface area contributed by atoms with Crippen LogP contribution >= 0.6 is 22.7 Å². The van der Waals surface area contributed by atoms with Crippen molar-refractivity contribution < 1.29 is 19.1 Å². The van der Waals surface area contributed by atoms with Crippen LogP contribution in [-0.4, -0.2) is 57.1 Å². The molecule has 1 aliphatic heterocycles. The fraction of sp³-hybridized carbons (Fsp3) is 0.714. The van der Waals surface area contributed by atoms with Crippen LogP contribution in [0, 0.1) is 0 Å². The number of ether oxygens (including phenoxy) is 2. The Balaban J connectivity index is 1.40. The number of hydrogen-bond donors (Lipinski definition) is 2. The summed E-state index contributed by atoms with van der Waals surface area (Å²) < 4.78 is 11.0. The van der Waals surface area contributed by atoms with Gasteiger partial charge in [-0.1, -0.05) is 36.0 Å². The third-order valence-corrected chi connectivity index (χ3v) is 7.56. The van der Waals surface area contributed by atoms with Crippen molar-refractivity contribution in [1.82, 2.24) is 20.4 Å². The lowest BCUT2D eigenvalue weighted by atomic mass is 9.99. The van der Waals surface area contributed by atoms with Crippen molar-refractivity contribution in [2.75, 3.05) is 24.4 Å². The van der Waals surface area contributed by atoms with Crippen molar-refractivity contribution in [2.45, 2.75) is 83.3 Å². The first-order valence-corrected chi connectivity index (χ1v) is 12.9. The van der Waals surface area contributed by atoms with Crippen molar-refractivity contribution >= 4 is 44.8 Å². The van der Waals surface area contributed by atoms with Crippen molar-refractivity contribution in [3.8, 4) is 0 Å². The van der Waals surface area contributed by atoms with Crippen LogP contribution in [0.5, 0.6) is 0 Å². The minimum atomic E-state index is -0.873. The summed E-state index contributed by atoms with van der Waals surface area (Å²) in [6.07, 6.45) is 6.42. The number of carbonyl (C=O) groups is 2. The molecule has 182 valence electrons. The summed E-state index contributed by atoms with van der Waals surface area (Å²) in [4.78, 5) is 24.9. The molecule has 2 atom stereocenters. The second-order valence-electron chi connectivity index (χ2n) is 8.49. The van der Waals surface area contributed by atoms with E-state index in [1.54, 1.807) is 14.0 Å². The number of amides is 2. The number of carbonyl (C=O) groups excluding carboxylic acids is 2. The maximum Gasteiger partial charge on any atom is 0.258 e. The quantitative estimate of drug-likeness (QED) is 0.427. The van der Waals surface area contributed by atoms with E-state index in [1.807, 2.05) is 13.8 Å². The molecule has 2 aromatic heterocycles. The molecule has 1 saturated heterocycles. The SMILES string of the molecule is CCCC(C)(OC)C(=O)Nc1nnc(CCCCc2nnc(NC(=O)C3(C)CCCO3)s2)s1. The van der Waals surface area contributed by atoms with Gasteiger partial charge < -0.3 is 9.47 Å². The van der Waals surface area contributed by atoms with Gasteiger partial charge in [0.15, 0.2) is 0 Å². The molecule has 2 amide bonds. The van der Waals surface area contributed by atoms with Crippen molar-refractivity contribution in [3.63, 3.8) is 0 Å². The lowest BCUT2D eigenvalue weighted by Gasteiger charge is -2.25. The van der Waals surface area contributed by atoms with Crippen LogP contribution in [0.1, 0.15) is 69.3 Å². The van der Waals surface area contributed by atoms with Crippen molar-refractivity contribution in [1.29, 1.82) is 0 Å². The van der Waals surface area contributed by atoms with Gasteiger partial charge in [-0.25, -0.2) is 0 Å². The van der Waals surface area contributed by atoms with Crippen LogP contribution in [0.15, 0.2) is 0 Å². The van der Waals surface area contributed by atoms with Gasteiger partial charge in [0.25, 0.3) is 11.8 Å². The highest BCUT2D eigenvalue weighted by Crippen LogP contribution is 2.28. The zero-order valence-corrected chi connectivity index (χ0v) is 21.2. The molecule has 0 radical (unpaired) electrons. The lowest BCUT2D eigenvalue weighted by molar-refractivity contribution is -0.136. The van der Waals surface area contributed by atoms with E-state index in [9.17, 15) is 9.59 Å². The summed E-state index contributed by atoms with van der Waals surface area (Å²) in [5.41, 5.74) is -1.65. The highest BCUT2D eigenvalue weighted by atomic mass is 32.1. The molecule has 1 aliphatic rings. The van der Waals surface area contributed by atoms with Gasteiger partial charge in [0, 0.05) is 26.6 Å². The third kappa shape index (κ3) is 6.75. The number of nitrogens with one attached hydrogen (secondary N) is 2. The Morgan fingerprint density at radius 3 is 2.21 bits per heavy atom. The smallest absolute Gasteiger partial charge is 0.258 e. The molecular weight excluding hydrogens is 464 g/mol. The first-order valence-electron chi connectivity index (χ1n) is 11.2. The Kier molecular flexibility index (Phi) is 8.85.